The molecule has 134 valence electrons. The Hall–Kier alpha value is -1.69. The molecule has 1 aliphatic rings. The van der Waals surface area contributed by atoms with E-state index >= 15 is 0 Å². The maximum Gasteiger partial charge on any atom is -0.0134 e. The zero-order valence-electron chi connectivity index (χ0n) is 14.8. The van der Waals surface area contributed by atoms with Crippen LogP contribution >= 0.6 is 7.92 Å². The van der Waals surface area contributed by atoms with Crippen molar-refractivity contribution in [3.63, 3.8) is 0 Å². The second-order valence-electron chi connectivity index (χ2n) is 5.99. The van der Waals surface area contributed by atoms with Crippen molar-refractivity contribution in [1.82, 2.24) is 0 Å². The van der Waals surface area contributed by atoms with Gasteiger partial charge in [0.25, 0.3) is 0 Å². The van der Waals surface area contributed by atoms with Crippen LogP contribution in [0.3, 0.4) is 0 Å². The van der Waals surface area contributed by atoms with Crippen molar-refractivity contribution in [3.05, 3.63) is 113 Å². The number of benzene rings is 3. The summed E-state index contributed by atoms with van der Waals surface area (Å²) >= 11 is 2.54. The predicted molar refractivity (Wildman–Crippen MR) is 112 cm³/mol. The fourth-order valence-electron chi connectivity index (χ4n) is 2.75. The minimum Gasteiger partial charge on any atom is -0.0622 e. The number of hydrogen-bond acceptors (Lipinski definition) is 0. The molecule has 0 saturated carbocycles. The van der Waals surface area contributed by atoms with Crippen LogP contribution in [0.2, 0.25) is 0 Å². The third-order valence-electron chi connectivity index (χ3n) is 4.09. The molecule has 0 fully saturated rings. The molecule has 26 heavy (non-hydrogen) atoms. The molecule has 3 aromatic carbocycles. The second-order valence-corrected chi connectivity index (χ2v) is 9.52. The molecule has 0 nitrogen and oxygen atoms in total. The fourth-order valence-corrected chi connectivity index (χ4v) is 5.49. The largest absolute Gasteiger partial charge is 0.0622 e. The Kier molecular flexibility index (Phi) is 7.23. The molecule has 0 spiro atoms. The summed E-state index contributed by atoms with van der Waals surface area (Å²) in [6.07, 6.45) is 5.49. The van der Waals surface area contributed by atoms with Crippen LogP contribution in [0.5, 0.6) is 0 Å². The summed E-state index contributed by atoms with van der Waals surface area (Å²) in [6, 6.07) is 32.3. The summed E-state index contributed by atoms with van der Waals surface area (Å²) in [4.78, 5) is 0. The van der Waals surface area contributed by atoms with E-state index in [2.05, 4.69) is 131 Å². The first kappa shape index (κ1) is 19.1. The van der Waals surface area contributed by atoms with Gasteiger partial charge >= 0.3 is 55.9 Å². The Labute approximate surface area is 170 Å². The van der Waals surface area contributed by atoms with Crippen molar-refractivity contribution in [3.8, 4) is 0 Å². The Balaban J connectivity index is 0.000000236. The van der Waals surface area contributed by atoms with Gasteiger partial charge in [-0.3, -0.25) is 0 Å². The van der Waals surface area contributed by atoms with Gasteiger partial charge in [-0.25, -0.2) is 0 Å². The van der Waals surface area contributed by atoms with E-state index in [1.165, 1.54) is 25.3 Å². The van der Waals surface area contributed by atoms with Gasteiger partial charge in [0.2, 0.25) is 0 Å². The Bertz CT molecular complexity index is 774. The summed E-state index contributed by atoms with van der Waals surface area (Å²) in [5.41, 5.74) is 1.42. The predicted octanol–water partition coefficient (Wildman–Crippen LogP) is 5.21. The van der Waals surface area contributed by atoms with Crippen LogP contribution in [0.15, 0.2) is 113 Å². The molecule has 0 radical (unpaired) electrons. The zero-order chi connectivity index (χ0) is 18.2. The van der Waals surface area contributed by atoms with E-state index in [4.69, 9.17) is 0 Å². The van der Waals surface area contributed by atoms with Crippen molar-refractivity contribution in [2.45, 2.75) is 13.3 Å². The number of rotatable bonds is 3. The maximum absolute atomic E-state index is 2.54. The van der Waals surface area contributed by atoms with Crippen LogP contribution in [-0.4, -0.2) is 0 Å². The van der Waals surface area contributed by atoms with Crippen LogP contribution in [-0.2, 0) is 21.1 Å². The van der Waals surface area contributed by atoms with Crippen molar-refractivity contribution in [2.24, 2.45) is 0 Å². The van der Waals surface area contributed by atoms with E-state index in [1.54, 1.807) is 0 Å². The average Bonchev–Trinajstić information content (AvgIpc) is 3.08. The van der Waals surface area contributed by atoms with Crippen molar-refractivity contribution < 1.29 is 21.1 Å². The van der Waals surface area contributed by atoms with Gasteiger partial charge in [0.05, 0.1) is 0 Å². The van der Waals surface area contributed by atoms with Gasteiger partial charge in [0.1, 0.15) is 0 Å². The van der Waals surface area contributed by atoms with Crippen LogP contribution in [0.1, 0.15) is 13.3 Å². The van der Waals surface area contributed by atoms with E-state index in [0.29, 0.717) is 0 Å². The van der Waals surface area contributed by atoms with Gasteiger partial charge in [0, 0.05) is 0 Å². The van der Waals surface area contributed by atoms with E-state index in [9.17, 15) is 0 Å². The minimum absolute atomic E-state index is 0.446. The molecule has 0 unspecified atom stereocenters. The van der Waals surface area contributed by atoms with E-state index in [0.717, 1.165) is 6.42 Å². The molecule has 0 amide bonds. The summed E-state index contributed by atoms with van der Waals surface area (Å²) in [6.45, 7) is 2.14. The first-order valence-electron chi connectivity index (χ1n) is 8.69. The van der Waals surface area contributed by atoms with Gasteiger partial charge in [-0.05, 0) is 23.8 Å². The van der Waals surface area contributed by atoms with Crippen molar-refractivity contribution in [2.75, 3.05) is 0 Å². The van der Waals surface area contributed by atoms with Crippen molar-refractivity contribution >= 4 is 23.8 Å². The van der Waals surface area contributed by atoms with Gasteiger partial charge in [0.15, 0.2) is 0 Å². The molecular formula is C24H22AuP. The van der Waals surface area contributed by atoms with E-state index in [-0.39, 0.29) is 0 Å². The molecule has 0 N–H and O–H groups in total. The topological polar surface area (TPSA) is 0 Å². The Morgan fingerprint density at radius 3 is 1.27 bits per heavy atom. The third kappa shape index (κ3) is 5.16. The van der Waals surface area contributed by atoms with E-state index in [1.807, 2.05) is 0 Å². The third-order valence-corrected chi connectivity index (χ3v) is 7.83. The van der Waals surface area contributed by atoms with Crippen LogP contribution in [0.4, 0.5) is 0 Å². The molecule has 0 aliphatic heterocycles. The molecule has 1 aliphatic carbocycles. The molecular weight excluding hydrogens is 516 g/mol. The molecule has 0 bridgehead atoms. The van der Waals surface area contributed by atoms with Crippen LogP contribution in [0, 0.1) is 0 Å². The second kappa shape index (κ2) is 9.86. The average molecular weight is 538 g/mol. The fraction of sp³-hybridized carbons (Fsp3) is 0.0833. The zero-order valence-corrected chi connectivity index (χ0v) is 17.8. The van der Waals surface area contributed by atoms with Gasteiger partial charge in [-0.1, -0.05) is 91.0 Å². The quantitative estimate of drug-likeness (QED) is 0.318. The van der Waals surface area contributed by atoms with Crippen LogP contribution < -0.4 is 15.9 Å². The standard InChI is InChI=1S/C18H15P.C6H7.Au/c1-4-10-16(11-5-1)19(17-12-6-2-7-13-17)18-14-8-3-9-15-18;1-6-4-2-3-5-6;/h1-15H;2,4H,3H2,1H3;. The first-order valence-corrected chi connectivity index (χ1v) is 11.1. The van der Waals surface area contributed by atoms with Crippen LogP contribution in [0.25, 0.3) is 0 Å². The number of hydrogen-bond donors (Lipinski definition) is 0. The molecule has 0 aromatic heterocycles. The van der Waals surface area contributed by atoms with E-state index < -0.39 is 7.92 Å². The van der Waals surface area contributed by atoms with Gasteiger partial charge < -0.3 is 0 Å². The van der Waals surface area contributed by atoms with Gasteiger partial charge in [-0.15, -0.1) is 0 Å². The molecule has 0 saturated heterocycles. The van der Waals surface area contributed by atoms with Gasteiger partial charge in [-0.2, -0.15) is 0 Å². The molecule has 2 heteroatoms. The molecule has 0 atom stereocenters. The SMILES string of the molecule is CC1=[C]([Au])CC=C1.c1ccc(P(c2ccccc2)c2ccccc2)cc1. The summed E-state index contributed by atoms with van der Waals surface area (Å²) in [7, 11) is -0.446. The molecule has 3 aromatic rings. The monoisotopic (exact) mass is 538 g/mol. The minimum atomic E-state index is -0.446. The smallest absolute Gasteiger partial charge is 0.0134 e. The Morgan fingerprint density at radius 2 is 1.04 bits per heavy atom. The summed E-state index contributed by atoms with van der Waals surface area (Å²) in [5.74, 6) is 0. The summed E-state index contributed by atoms with van der Waals surface area (Å²) in [5, 5.41) is 4.19. The normalized spacial score (nSPS) is 12.9. The Morgan fingerprint density at radius 1 is 0.654 bits per heavy atom. The maximum atomic E-state index is 2.54. The number of allylic oxidation sites excluding steroid dienone is 4. The molecule has 0 heterocycles. The van der Waals surface area contributed by atoms with Crippen molar-refractivity contribution in [1.29, 1.82) is 0 Å². The molecule has 4 rings (SSSR count). The summed E-state index contributed by atoms with van der Waals surface area (Å²) < 4.78 is 1.46. The first-order chi connectivity index (χ1) is 12.8.